The molecule has 1 atom stereocenters. The summed E-state index contributed by atoms with van der Waals surface area (Å²) in [4.78, 5) is 24.2. The second-order valence-electron chi connectivity index (χ2n) is 5.82. The summed E-state index contributed by atoms with van der Waals surface area (Å²) in [5, 5.41) is 8.15. The van der Waals surface area contributed by atoms with E-state index in [2.05, 4.69) is 16.0 Å². The third-order valence-electron chi connectivity index (χ3n) is 3.97. The predicted octanol–water partition coefficient (Wildman–Crippen LogP) is 3.34. The number of hydrogen-bond acceptors (Lipinski definition) is 4. The number of amides is 3. The van der Waals surface area contributed by atoms with Crippen molar-refractivity contribution in [2.45, 2.75) is 19.9 Å². The zero-order valence-electron chi connectivity index (χ0n) is 16.0. The molecule has 0 aliphatic carbocycles. The SMILES string of the molecule is CCOc1ccc([C@@H](C)NC(=O)Nc2ccc(OC)c(C(=O)NC)c2)cc1. The van der Waals surface area contributed by atoms with Gasteiger partial charge in [0.1, 0.15) is 11.5 Å². The van der Waals surface area contributed by atoms with Crippen LogP contribution in [0.1, 0.15) is 35.8 Å². The number of carbonyl (C=O) groups excluding carboxylic acids is 2. The van der Waals surface area contributed by atoms with Gasteiger partial charge in [-0.1, -0.05) is 12.1 Å². The molecule has 7 nitrogen and oxygen atoms in total. The summed E-state index contributed by atoms with van der Waals surface area (Å²) < 4.78 is 10.6. The number of anilines is 1. The van der Waals surface area contributed by atoms with E-state index >= 15 is 0 Å². The van der Waals surface area contributed by atoms with Crippen LogP contribution in [-0.2, 0) is 0 Å². The Labute approximate surface area is 159 Å². The average Bonchev–Trinajstić information content (AvgIpc) is 2.68. The molecule has 7 heteroatoms. The summed E-state index contributed by atoms with van der Waals surface area (Å²) in [6.45, 7) is 4.42. The van der Waals surface area contributed by atoms with Crippen LogP contribution < -0.4 is 25.4 Å². The van der Waals surface area contributed by atoms with E-state index in [9.17, 15) is 9.59 Å². The molecule has 0 aromatic heterocycles. The van der Waals surface area contributed by atoms with Gasteiger partial charge in [0.2, 0.25) is 0 Å². The molecule has 0 aliphatic heterocycles. The summed E-state index contributed by atoms with van der Waals surface area (Å²) in [6.07, 6.45) is 0. The summed E-state index contributed by atoms with van der Waals surface area (Å²) >= 11 is 0. The Kier molecular flexibility index (Phi) is 7.05. The Morgan fingerprint density at radius 1 is 1.11 bits per heavy atom. The lowest BCUT2D eigenvalue weighted by Gasteiger charge is -2.16. The van der Waals surface area contributed by atoms with E-state index in [0.717, 1.165) is 11.3 Å². The van der Waals surface area contributed by atoms with Gasteiger partial charge in [0, 0.05) is 12.7 Å². The van der Waals surface area contributed by atoms with E-state index in [1.165, 1.54) is 14.2 Å². The molecule has 144 valence electrons. The fourth-order valence-electron chi connectivity index (χ4n) is 2.56. The van der Waals surface area contributed by atoms with Gasteiger partial charge < -0.3 is 25.4 Å². The van der Waals surface area contributed by atoms with Gasteiger partial charge in [-0.05, 0) is 49.7 Å². The van der Waals surface area contributed by atoms with Crippen molar-refractivity contribution in [2.24, 2.45) is 0 Å². The summed E-state index contributed by atoms with van der Waals surface area (Å²) in [7, 11) is 3.02. The highest BCUT2D eigenvalue weighted by Gasteiger charge is 2.14. The maximum absolute atomic E-state index is 12.3. The molecule has 3 N–H and O–H groups in total. The molecule has 0 saturated heterocycles. The molecule has 27 heavy (non-hydrogen) atoms. The Balaban J connectivity index is 2.03. The first-order valence-electron chi connectivity index (χ1n) is 8.68. The van der Waals surface area contributed by atoms with E-state index < -0.39 is 0 Å². The van der Waals surface area contributed by atoms with Crippen molar-refractivity contribution >= 4 is 17.6 Å². The van der Waals surface area contributed by atoms with Crippen molar-refractivity contribution < 1.29 is 19.1 Å². The van der Waals surface area contributed by atoms with Crippen LogP contribution in [0, 0.1) is 0 Å². The number of benzene rings is 2. The summed E-state index contributed by atoms with van der Waals surface area (Å²) in [6, 6.07) is 11.9. The highest BCUT2D eigenvalue weighted by molar-refractivity contribution is 5.99. The first kappa shape index (κ1) is 20.1. The van der Waals surface area contributed by atoms with Gasteiger partial charge in [0.05, 0.1) is 25.3 Å². The third kappa shape index (κ3) is 5.37. The first-order valence-corrected chi connectivity index (χ1v) is 8.68. The van der Waals surface area contributed by atoms with E-state index in [0.29, 0.717) is 23.6 Å². The van der Waals surface area contributed by atoms with Crippen molar-refractivity contribution in [3.05, 3.63) is 53.6 Å². The molecule has 0 radical (unpaired) electrons. The third-order valence-corrected chi connectivity index (χ3v) is 3.97. The molecule has 2 rings (SSSR count). The van der Waals surface area contributed by atoms with Gasteiger partial charge in [-0.25, -0.2) is 4.79 Å². The smallest absolute Gasteiger partial charge is 0.319 e. The molecule has 0 fully saturated rings. The minimum absolute atomic E-state index is 0.197. The lowest BCUT2D eigenvalue weighted by Crippen LogP contribution is -2.31. The first-order chi connectivity index (χ1) is 13.0. The van der Waals surface area contributed by atoms with Crippen LogP contribution in [-0.4, -0.2) is 32.7 Å². The molecule has 2 aromatic carbocycles. The van der Waals surface area contributed by atoms with E-state index in [1.807, 2.05) is 38.1 Å². The fraction of sp³-hybridized carbons (Fsp3) is 0.300. The minimum Gasteiger partial charge on any atom is -0.496 e. The maximum atomic E-state index is 12.3. The van der Waals surface area contributed by atoms with Crippen LogP contribution in [0.25, 0.3) is 0 Å². The van der Waals surface area contributed by atoms with Gasteiger partial charge in [0.15, 0.2) is 0 Å². The van der Waals surface area contributed by atoms with Crippen molar-refractivity contribution in [3.63, 3.8) is 0 Å². The van der Waals surface area contributed by atoms with Crippen LogP contribution in [0.15, 0.2) is 42.5 Å². The lowest BCUT2D eigenvalue weighted by molar-refractivity contribution is 0.0960. The molecule has 2 aromatic rings. The number of urea groups is 1. The van der Waals surface area contributed by atoms with Gasteiger partial charge in [-0.15, -0.1) is 0 Å². The Hall–Kier alpha value is -3.22. The number of nitrogens with one attached hydrogen (secondary N) is 3. The second kappa shape index (κ2) is 9.47. The number of carbonyl (C=O) groups is 2. The summed E-state index contributed by atoms with van der Waals surface area (Å²) in [5.41, 5.74) is 1.79. The Morgan fingerprint density at radius 3 is 2.41 bits per heavy atom. The molecule has 0 aliphatic rings. The van der Waals surface area contributed by atoms with Gasteiger partial charge in [-0.3, -0.25) is 4.79 Å². The highest BCUT2D eigenvalue weighted by Crippen LogP contribution is 2.23. The maximum Gasteiger partial charge on any atom is 0.319 e. The van der Waals surface area contributed by atoms with Gasteiger partial charge in [0.25, 0.3) is 5.91 Å². The van der Waals surface area contributed by atoms with Gasteiger partial charge in [-0.2, -0.15) is 0 Å². The number of rotatable bonds is 7. The molecule has 0 bridgehead atoms. The zero-order valence-corrected chi connectivity index (χ0v) is 16.0. The van der Waals surface area contributed by atoms with Crippen molar-refractivity contribution in [1.82, 2.24) is 10.6 Å². The number of methoxy groups -OCH3 is 1. The molecule has 3 amide bonds. The molecule has 0 unspecified atom stereocenters. The molecular weight excluding hydrogens is 346 g/mol. The second-order valence-corrected chi connectivity index (χ2v) is 5.82. The lowest BCUT2D eigenvalue weighted by atomic mass is 10.1. The molecule has 0 spiro atoms. The highest BCUT2D eigenvalue weighted by atomic mass is 16.5. The molecule has 0 heterocycles. The molecular formula is C20H25N3O4. The Bertz CT molecular complexity index is 790. The fourth-order valence-corrected chi connectivity index (χ4v) is 2.56. The van der Waals surface area contributed by atoms with Crippen molar-refractivity contribution in [2.75, 3.05) is 26.1 Å². The number of hydrogen-bond donors (Lipinski definition) is 3. The monoisotopic (exact) mass is 371 g/mol. The van der Waals surface area contributed by atoms with Gasteiger partial charge >= 0.3 is 6.03 Å². The van der Waals surface area contributed by atoms with Crippen LogP contribution in [0.3, 0.4) is 0 Å². The quantitative estimate of drug-likeness (QED) is 0.696. The van der Waals surface area contributed by atoms with Crippen molar-refractivity contribution in [1.29, 1.82) is 0 Å². The van der Waals surface area contributed by atoms with Crippen LogP contribution >= 0.6 is 0 Å². The van der Waals surface area contributed by atoms with Crippen LogP contribution in [0.2, 0.25) is 0 Å². The number of ether oxygens (including phenoxy) is 2. The normalized spacial score (nSPS) is 11.3. The standard InChI is InChI=1S/C20H25N3O4/c1-5-27-16-9-6-14(7-10-16)13(2)22-20(25)23-15-8-11-18(26-4)17(12-15)19(24)21-3/h6-13H,5H2,1-4H3,(H,21,24)(H2,22,23,25)/t13-/m1/s1. The minimum atomic E-state index is -0.371. The van der Waals surface area contributed by atoms with Crippen LogP contribution in [0.5, 0.6) is 11.5 Å². The van der Waals surface area contributed by atoms with E-state index in [-0.39, 0.29) is 18.0 Å². The largest absolute Gasteiger partial charge is 0.496 e. The average molecular weight is 371 g/mol. The molecule has 0 saturated carbocycles. The van der Waals surface area contributed by atoms with E-state index in [4.69, 9.17) is 9.47 Å². The topological polar surface area (TPSA) is 88.7 Å². The summed E-state index contributed by atoms with van der Waals surface area (Å²) in [5.74, 6) is 0.930. The predicted molar refractivity (Wildman–Crippen MR) is 105 cm³/mol. The van der Waals surface area contributed by atoms with E-state index in [1.54, 1.807) is 18.2 Å². The van der Waals surface area contributed by atoms with Crippen molar-refractivity contribution in [3.8, 4) is 11.5 Å². The zero-order chi connectivity index (χ0) is 19.8. The van der Waals surface area contributed by atoms with Crippen LogP contribution in [0.4, 0.5) is 10.5 Å². The Morgan fingerprint density at radius 2 is 1.81 bits per heavy atom.